The summed E-state index contributed by atoms with van der Waals surface area (Å²) in [6.07, 6.45) is 0. The number of rotatable bonds is 2. The zero-order chi connectivity index (χ0) is 18.9. The molecular formula is C14H12N4O4S4. The molecule has 0 amide bonds. The van der Waals surface area contributed by atoms with E-state index >= 15 is 0 Å². The Morgan fingerprint density at radius 2 is 1.00 bits per heavy atom. The Labute approximate surface area is 157 Å². The van der Waals surface area contributed by atoms with E-state index in [9.17, 15) is 16.8 Å². The minimum Gasteiger partial charge on any atom is -0.224 e. The van der Waals surface area contributed by atoms with Crippen molar-refractivity contribution in [2.24, 2.45) is 10.3 Å². The summed E-state index contributed by atoms with van der Waals surface area (Å²) in [6, 6.07) is 14.4. The van der Waals surface area contributed by atoms with Crippen molar-refractivity contribution in [3.63, 3.8) is 0 Å². The number of nitrogens with zero attached hydrogens (tertiary/aromatic N) is 2. The number of para-hydroxylation sites is 2. The first-order valence-corrected chi connectivity index (χ1v) is 11.6. The molecule has 0 bridgehead atoms. The number of hydrogen-bond acceptors (Lipinski definition) is 8. The van der Waals surface area contributed by atoms with E-state index in [1.165, 1.54) is 0 Å². The van der Waals surface area contributed by atoms with Crippen LogP contribution in [0, 0.1) is 0 Å². The molecule has 4 rings (SSSR count). The molecule has 26 heavy (non-hydrogen) atoms. The zero-order valence-corrected chi connectivity index (χ0v) is 16.2. The van der Waals surface area contributed by atoms with Gasteiger partial charge in [-0.25, -0.2) is 37.1 Å². The van der Waals surface area contributed by atoms with Crippen LogP contribution in [0.15, 0.2) is 57.2 Å². The van der Waals surface area contributed by atoms with Gasteiger partial charge in [0.15, 0.2) is 0 Å². The topological polar surface area (TPSA) is 146 Å². The average Bonchev–Trinajstić information content (AvgIpc) is 3.19. The Morgan fingerprint density at radius 1 is 0.654 bits per heavy atom. The highest BCUT2D eigenvalue weighted by atomic mass is 32.3. The number of hydrogen-bond donors (Lipinski definition) is 2. The van der Waals surface area contributed by atoms with E-state index < -0.39 is 20.0 Å². The number of thiazole rings is 2. The smallest absolute Gasteiger partial charge is 0.224 e. The summed E-state index contributed by atoms with van der Waals surface area (Å²) in [6.45, 7) is 0. The molecule has 4 aromatic rings. The van der Waals surface area contributed by atoms with Gasteiger partial charge in [-0.1, -0.05) is 24.3 Å². The molecule has 0 aliphatic heterocycles. The number of primary sulfonamides is 2. The Kier molecular flexibility index (Phi) is 5.05. The SMILES string of the molecule is NS(=O)(=O)c1nc2ccccc2s1.NS(=O)(=O)c1nc2ccccc2s1. The van der Waals surface area contributed by atoms with E-state index in [1.807, 2.05) is 24.3 Å². The quantitative estimate of drug-likeness (QED) is 0.498. The largest absolute Gasteiger partial charge is 0.265 e. The van der Waals surface area contributed by atoms with E-state index in [4.69, 9.17) is 10.3 Å². The molecule has 0 aliphatic carbocycles. The Morgan fingerprint density at radius 3 is 1.31 bits per heavy atom. The van der Waals surface area contributed by atoms with Crippen molar-refractivity contribution < 1.29 is 16.8 Å². The molecule has 0 fully saturated rings. The van der Waals surface area contributed by atoms with Crippen LogP contribution in [0.3, 0.4) is 0 Å². The lowest BCUT2D eigenvalue weighted by Gasteiger charge is -1.85. The maximum absolute atomic E-state index is 10.9. The molecule has 136 valence electrons. The van der Waals surface area contributed by atoms with E-state index in [2.05, 4.69) is 9.97 Å². The van der Waals surface area contributed by atoms with Gasteiger partial charge in [-0.05, 0) is 24.3 Å². The second kappa shape index (κ2) is 6.98. The maximum atomic E-state index is 10.9. The molecular weight excluding hydrogens is 416 g/mol. The van der Waals surface area contributed by atoms with Crippen LogP contribution in [-0.2, 0) is 20.0 Å². The van der Waals surface area contributed by atoms with Crippen molar-refractivity contribution >= 4 is 63.2 Å². The summed E-state index contributed by atoms with van der Waals surface area (Å²) in [5.41, 5.74) is 1.33. The summed E-state index contributed by atoms with van der Waals surface area (Å²) in [5, 5.41) is 9.88. The molecule has 0 spiro atoms. The first-order chi connectivity index (χ1) is 12.1. The van der Waals surface area contributed by atoms with Gasteiger partial charge in [0, 0.05) is 0 Å². The molecule has 12 heteroatoms. The molecule has 0 unspecified atom stereocenters. The van der Waals surface area contributed by atoms with E-state index in [-0.39, 0.29) is 8.68 Å². The van der Waals surface area contributed by atoms with Gasteiger partial charge >= 0.3 is 0 Å². The van der Waals surface area contributed by atoms with Crippen molar-refractivity contribution in [1.29, 1.82) is 0 Å². The van der Waals surface area contributed by atoms with Gasteiger partial charge in [0.05, 0.1) is 20.4 Å². The van der Waals surface area contributed by atoms with Gasteiger partial charge in [0.25, 0.3) is 20.0 Å². The first kappa shape index (κ1) is 18.8. The van der Waals surface area contributed by atoms with Crippen LogP contribution in [0.25, 0.3) is 20.4 Å². The Balaban J connectivity index is 0.000000151. The van der Waals surface area contributed by atoms with Crippen LogP contribution < -0.4 is 10.3 Å². The molecule has 8 nitrogen and oxygen atoms in total. The average molecular weight is 429 g/mol. The minimum atomic E-state index is -3.66. The molecule has 0 radical (unpaired) electrons. The van der Waals surface area contributed by atoms with E-state index in [0.29, 0.717) is 11.0 Å². The highest BCUT2D eigenvalue weighted by Gasteiger charge is 2.14. The summed E-state index contributed by atoms with van der Waals surface area (Å²) in [7, 11) is -7.31. The normalized spacial score (nSPS) is 12.1. The summed E-state index contributed by atoms with van der Waals surface area (Å²) in [4.78, 5) is 7.78. The van der Waals surface area contributed by atoms with Crippen LogP contribution >= 0.6 is 22.7 Å². The maximum Gasteiger partial charge on any atom is 0.265 e. The molecule has 0 saturated carbocycles. The van der Waals surface area contributed by atoms with Crippen molar-refractivity contribution in [3.8, 4) is 0 Å². The van der Waals surface area contributed by atoms with Crippen LogP contribution in [0.2, 0.25) is 0 Å². The Bertz CT molecular complexity index is 1120. The van der Waals surface area contributed by atoms with Gasteiger partial charge in [-0.15, -0.1) is 22.7 Å². The van der Waals surface area contributed by atoms with Crippen LogP contribution in [0.1, 0.15) is 0 Å². The van der Waals surface area contributed by atoms with E-state index in [0.717, 1.165) is 32.1 Å². The number of nitrogens with two attached hydrogens (primary N) is 2. The second-order valence-electron chi connectivity index (χ2n) is 4.99. The number of sulfonamides is 2. The molecule has 4 N–H and O–H groups in total. The number of fused-ring (bicyclic) bond motifs is 2. The molecule has 0 atom stereocenters. The van der Waals surface area contributed by atoms with Crippen LogP contribution in [0.4, 0.5) is 0 Å². The molecule has 0 aliphatic rings. The van der Waals surface area contributed by atoms with Crippen molar-refractivity contribution in [3.05, 3.63) is 48.5 Å². The highest BCUT2D eigenvalue weighted by Crippen LogP contribution is 2.24. The third-order valence-corrected chi connectivity index (χ3v) is 7.75. The third-order valence-electron chi connectivity index (χ3n) is 3.04. The van der Waals surface area contributed by atoms with Gasteiger partial charge in [-0.3, -0.25) is 0 Å². The van der Waals surface area contributed by atoms with Crippen molar-refractivity contribution in [2.45, 2.75) is 8.68 Å². The second-order valence-corrected chi connectivity index (χ2v) is 10.5. The molecule has 2 heterocycles. The van der Waals surface area contributed by atoms with Crippen molar-refractivity contribution in [2.75, 3.05) is 0 Å². The van der Waals surface area contributed by atoms with Crippen LogP contribution in [-0.4, -0.2) is 26.8 Å². The van der Waals surface area contributed by atoms with Crippen LogP contribution in [0.5, 0.6) is 0 Å². The Hall–Kier alpha value is -1.96. The zero-order valence-electron chi connectivity index (χ0n) is 12.9. The molecule has 2 aromatic carbocycles. The fourth-order valence-corrected chi connectivity index (χ4v) is 5.26. The summed E-state index contributed by atoms with van der Waals surface area (Å²) < 4.78 is 45.3. The fourth-order valence-electron chi connectivity index (χ4n) is 1.95. The first-order valence-electron chi connectivity index (χ1n) is 6.91. The van der Waals surface area contributed by atoms with Gasteiger partial charge in [-0.2, -0.15) is 0 Å². The molecule has 2 aromatic heterocycles. The summed E-state index contributed by atoms with van der Waals surface area (Å²) in [5.74, 6) is 0. The predicted molar refractivity (Wildman–Crippen MR) is 102 cm³/mol. The standard InChI is InChI=1S/2C7H6N2O2S2/c2*8-13(10,11)7-9-5-3-1-2-4-6(5)12-7/h2*1-4H,(H2,8,10,11). The minimum absolute atomic E-state index is 0.0336. The lowest BCUT2D eigenvalue weighted by molar-refractivity contribution is 0.595. The lowest BCUT2D eigenvalue weighted by Crippen LogP contribution is -2.11. The van der Waals surface area contributed by atoms with E-state index in [1.54, 1.807) is 24.3 Å². The monoisotopic (exact) mass is 428 g/mol. The predicted octanol–water partition coefficient (Wildman–Crippen LogP) is 1.89. The number of aromatic nitrogens is 2. The summed E-state index contributed by atoms with van der Waals surface area (Å²) >= 11 is 2.16. The third kappa shape index (κ3) is 4.23. The lowest BCUT2D eigenvalue weighted by atomic mass is 10.3. The molecule has 0 saturated heterocycles. The van der Waals surface area contributed by atoms with Gasteiger partial charge < -0.3 is 0 Å². The highest BCUT2D eigenvalue weighted by molar-refractivity contribution is 7.91. The van der Waals surface area contributed by atoms with Gasteiger partial charge in [0.1, 0.15) is 0 Å². The van der Waals surface area contributed by atoms with Crippen molar-refractivity contribution in [1.82, 2.24) is 9.97 Å². The number of benzene rings is 2. The fraction of sp³-hybridized carbons (Fsp3) is 0. The van der Waals surface area contributed by atoms with Gasteiger partial charge in [0.2, 0.25) is 8.68 Å².